The summed E-state index contributed by atoms with van der Waals surface area (Å²) in [6, 6.07) is 0. The fourth-order valence-electron chi connectivity index (χ4n) is 1.05. The molecular formula is C7H9ClN2O2. The first-order valence-electron chi connectivity index (χ1n) is 3.52. The number of hydrogen-bond donors (Lipinski definition) is 1. The summed E-state index contributed by atoms with van der Waals surface area (Å²) >= 11 is 5.76. The standard InChI is InChI=1S/C7H9ClN2O2/c1-3-4-5(8)6(7(11)12)9-10(4)2/h3H2,1-2H3,(H,11,12). The number of aryl methyl sites for hydroxylation is 1. The zero-order chi connectivity index (χ0) is 9.30. The largest absolute Gasteiger partial charge is 0.476 e. The highest BCUT2D eigenvalue weighted by Crippen LogP contribution is 2.20. The molecule has 0 spiro atoms. The minimum absolute atomic E-state index is 0.0731. The molecule has 0 aliphatic carbocycles. The zero-order valence-electron chi connectivity index (χ0n) is 6.83. The fraction of sp³-hybridized carbons (Fsp3) is 0.429. The summed E-state index contributed by atoms with van der Waals surface area (Å²) in [5, 5.41) is 12.6. The zero-order valence-corrected chi connectivity index (χ0v) is 7.59. The van der Waals surface area contributed by atoms with Crippen LogP contribution in [0.25, 0.3) is 0 Å². The fourth-order valence-corrected chi connectivity index (χ4v) is 1.43. The second-order valence-corrected chi connectivity index (χ2v) is 2.77. The second-order valence-electron chi connectivity index (χ2n) is 2.39. The lowest BCUT2D eigenvalue weighted by Crippen LogP contribution is -1.99. The summed E-state index contributed by atoms with van der Waals surface area (Å²) < 4.78 is 1.49. The molecular weight excluding hydrogens is 180 g/mol. The summed E-state index contributed by atoms with van der Waals surface area (Å²) in [7, 11) is 1.68. The molecule has 0 amide bonds. The van der Waals surface area contributed by atoms with Crippen LogP contribution in [0.5, 0.6) is 0 Å². The van der Waals surface area contributed by atoms with Gasteiger partial charge in [0.1, 0.15) is 0 Å². The molecule has 1 heterocycles. The number of halogens is 1. The van der Waals surface area contributed by atoms with Gasteiger partial charge in [-0.3, -0.25) is 4.68 Å². The highest BCUT2D eigenvalue weighted by molar-refractivity contribution is 6.33. The third-order valence-corrected chi connectivity index (χ3v) is 2.04. The van der Waals surface area contributed by atoms with Crippen molar-refractivity contribution in [3.63, 3.8) is 0 Å². The second kappa shape index (κ2) is 3.15. The molecule has 1 aromatic rings. The molecule has 0 radical (unpaired) electrons. The van der Waals surface area contributed by atoms with Crippen molar-refractivity contribution >= 4 is 17.6 Å². The number of carboxylic acid groups (broad SMARTS) is 1. The van der Waals surface area contributed by atoms with Crippen LogP contribution in [0.4, 0.5) is 0 Å². The van der Waals surface area contributed by atoms with Crippen LogP contribution in [0, 0.1) is 0 Å². The van der Waals surface area contributed by atoms with Gasteiger partial charge in [-0.25, -0.2) is 4.79 Å². The lowest BCUT2D eigenvalue weighted by atomic mass is 10.3. The van der Waals surface area contributed by atoms with E-state index in [1.807, 2.05) is 6.92 Å². The molecule has 0 saturated carbocycles. The predicted octanol–water partition coefficient (Wildman–Crippen LogP) is 1.33. The van der Waals surface area contributed by atoms with Crippen LogP contribution in [0.15, 0.2) is 0 Å². The monoisotopic (exact) mass is 188 g/mol. The van der Waals surface area contributed by atoms with Crippen LogP contribution in [0.2, 0.25) is 5.02 Å². The van der Waals surface area contributed by atoms with Gasteiger partial charge in [-0.15, -0.1) is 0 Å². The molecule has 1 rings (SSSR count). The van der Waals surface area contributed by atoms with E-state index in [0.717, 1.165) is 5.69 Å². The Morgan fingerprint density at radius 2 is 2.33 bits per heavy atom. The summed E-state index contributed by atoms with van der Waals surface area (Å²) in [5.41, 5.74) is 0.671. The van der Waals surface area contributed by atoms with Crippen molar-refractivity contribution in [2.24, 2.45) is 7.05 Å². The number of aromatic nitrogens is 2. The van der Waals surface area contributed by atoms with Gasteiger partial charge in [-0.1, -0.05) is 18.5 Å². The molecule has 1 aromatic heterocycles. The Hall–Kier alpha value is -1.03. The maximum absolute atomic E-state index is 10.5. The van der Waals surface area contributed by atoms with Crippen molar-refractivity contribution in [1.29, 1.82) is 0 Å². The summed E-state index contributed by atoms with van der Waals surface area (Å²) in [4.78, 5) is 10.5. The first-order valence-corrected chi connectivity index (χ1v) is 3.90. The molecule has 0 aromatic carbocycles. The van der Waals surface area contributed by atoms with Crippen molar-refractivity contribution < 1.29 is 9.90 Å². The topological polar surface area (TPSA) is 55.1 Å². The minimum atomic E-state index is -1.09. The average molecular weight is 189 g/mol. The van der Waals surface area contributed by atoms with Gasteiger partial charge in [0.2, 0.25) is 0 Å². The van der Waals surface area contributed by atoms with Crippen LogP contribution in [0.1, 0.15) is 23.1 Å². The number of nitrogens with zero attached hydrogens (tertiary/aromatic N) is 2. The van der Waals surface area contributed by atoms with Crippen LogP contribution in [-0.4, -0.2) is 20.9 Å². The Kier molecular flexibility index (Phi) is 2.38. The molecule has 4 nitrogen and oxygen atoms in total. The normalized spacial score (nSPS) is 10.2. The molecule has 0 saturated heterocycles. The van der Waals surface area contributed by atoms with Gasteiger partial charge in [0.15, 0.2) is 5.69 Å². The highest BCUT2D eigenvalue weighted by Gasteiger charge is 2.17. The van der Waals surface area contributed by atoms with Crippen LogP contribution in [0.3, 0.4) is 0 Å². The van der Waals surface area contributed by atoms with E-state index in [2.05, 4.69) is 5.10 Å². The van der Waals surface area contributed by atoms with Crippen molar-refractivity contribution in [3.8, 4) is 0 Å². The first-order chi connectivity index (χ1) is 5.57. The number of carboxylic acids is 1. The Balaban J connectivity index is 3.26. The van der Waals surface area contributed by atoms with Crippen molar-refractivity contribution in [2.75, 3.05) is 0 Å². The molecule has 0 atom stereocenters. The number of carbonyl (C=O) groups is 1. The van der Waals surface area contributed by atoms with E-state index < -0.39 is 5.97 Å². The molecule has 5 heteroatoms. The molecule has 0 fully saturated rings. The van der Waals surface area contributed by atoms with Gasteiger partial charge >= 0.3 is 5.97 Å². The maximum atomic E-state index is 10.5. The van der Waals surface area contributed by atoms with E-state index in [4.69, 9.17) is 16.7 Å². The molecule has 0 unspecified atom stereocenters. The minimum Gasteiger partial charge on any atom is -0.476 e. The van der Waals surface area contributed by atoms with Crippen LogP contribution >= 0.6 is 11.6 Å². The van der Waals surface area contributed by atoms with E-state index in [1.54, 1.807) is 7.05 Å². The highest BCUT2D eigenvalue weighted by atomic mass is 35.5. The van der Waals surface area contributed by atoms with Crippen LogP contribution < -0.4 is 0 Å². The van der Waals surface area contributed by atoms with Gasteiger partial charge in [-0.2, -0.15) is 5.10 Å². The average Bonchev–Trinajstić information content (AvgIpc) is 2.27. The first kappa shape index (κ1) is 9.06. The van der Waals surface area contributed by atoms with Crippen LogP contribution in [-0.2, 0) is 13.5 Å². The number of hydrogen-bond acceptors (Lipinski definition) is 2. The summed E-state index contributed by atoms with van der Waals surface area (Å²) in [6.07, 6.45) is 0.676. The maximum Gasteiger partial charge on any atom is 0.357 e. The van der Waals surface area contributed by atoms with Gasteiger partial charge < -0.3 is 5.11 Å². The summed E-state index contributed by atoms with van der Waals surface area (Å²) in [5.74, 6) is -1.09. The lowest BCUT2D eigenvalue weighted by molar-refractivity contribution is 0.0690. The lowest BCUT2D eigenvalue weighted by Gasteiger charge is -1.94. The van der Waals surface area contributed by atoms with E-state index in [9.17, 15) is 4.79 Å². The molecule has 66 valence electrons. The van der Waals surface area contributed by atoms with E-state index >= 15 is 0 Å². The van der Waals surface area contributed by atoms with E-state index in [1.165, 1.54) is 4.68 Å². The third-order valence-electron chi connectivity index (χ3n) is 1.64. The van der Waals surface area contributed by atoms with Gasteiger partial charge in [-0.05, 0) is 6.42 Å². The van der Waals surface area contributed by atoms with E-state index in [-0.39, 0.29) is 10.7 Å². The Morgan fingerprint density at radius 3 is 2.58 bits per heavy atom. The number of aromatic carboxylic acids is 1. The summed E-state index contributed by atoms with van der Waals surface area (Å²) in [6.45, 7) is 1.90. The quantitative estimate of drug-likeness (QED) is 0.762. The number of rotatable bonds is 2. The van der Waals surface area contributed by atoms with Crippen molar-refractivity contribution in [1.82, 2.24) is 9.78 Å². The molecule has 0 aliphatic rings. The Bertz CT molecular complexity index is 319. The molecule has 0 aliphatic heterocycles. The SMILES string of the molecule is CCc1c(Cl)c(C(=O)O)nn1C. The molecule has 12 heavy (non-hydrogen) atoms. The third kappa shape index (κ3) is 1.30. The van der Waals surface area contributed by atoms with Crippen molar-refractivity contribution in [3.05, 3.63) is 16.4 Å². The predicted molar refractivity (Wildman–Crippen MR) is 44.6 cm³/mol. The van der Waals surface area contributed by atoms with Gasteiger partial charge in [0.25, 0.3) is 0 Å². The smallest absolute Gasteiger partial charge is 0.357 e. The van der Waals surface area contributed by atoms with Gasteiger partial charge in [0, 0.05) is 7.05 Å². The van der Waals surface area contributed by atoms with Gasteiger partial charge in [0.05, 0.1) is 10.7 Å². The van der Waals surface area contributed by atoms with E-state index in [0.29, 0.717) is 6.42 Å². The molecule has 1 N–H and O–H groups in total. The van der Waals surface area contributed by atoms with Crippen molar-refractivity contribution in [2.45, 2.75) is 13.3 Å². The Labute approximate surface area is 74.8 Å². The molecule has 0 bridgehead atoms. The Morgan fingerprint density at radius 1 is 1.75 bits per heavy atom.